The van der Waals surface area contributed by atoms with Gasteiger partial charge in [-0.25, -0.2) is 4.79 Å². The molecule has 152 valence electrons. The Bertz CT molecular complexity index is 861. The first-order valence-electron chi connectivity index (χ1n) is 9.96. The molecule has 0 spiro atoms. The van der Waals surface area contributed by atoms with Crippen LogP contribution in [0.2, 0.25) is 0 Å². The first-order valence-corrected chi connectivity index (χ1v) is 9.96. The average molecular weight is 388 g/mol. The number of amides is 1. The number of H-pyrrole nitrogens is 1. The van der Waals surface area contributed by atoms with Crippen LogP contribution in [-0.2, 0) is 9.53 Å². The van der Waals surface area contributed by atoms with Gasteiger partial charge in [-0.05, 0) is 44.9 Å². The number of ether oxygens (including phenoxy) is 2. The van der Waals surface area contributed by atoms with E-state index in [0.717, 1.165) is 30.4 Å². The van der Waals surface area contributed by atoms with Crippen molar-refractivity contribution in [2.75, 3.05) is 32.1 Å². The number of quaternary nitrogens is 1. The molecule has 0 bridgehead atoms. The zero-order valence-corrected chi connectivity index (χ0v) is 17.1. The molecule has 7 heteroatoms. The van der Waals surface area contributed by atoms with Crippen LogP contribution in [0.15, 0.2) is 18.2 Å². The van der Waals surface area contributed by atoms with E-state index in [9.17, 15) is 9.59 Å². The summed E-state index contributed by atoms with van der Waals surface area (Å²) in [6.45, 7) is 8.17. The molecule has 3 N–H and O–H groups in total. The van der Waals surface area contributed by atoms with E-state index in [1.54, 1.807) is 20.1 Å². The molecule has 1 aliphatic heterocycles. The maximum Gasteiger partial charge on any atom is 0.356 e. The molecule has 1 aromatic heterocycles. The highest BCUT2D eigenvalue weighted by Crippen LogP contribution is 2.31. The predicted molar refractivity (Wildman–Crippen MR) is 108 cm³/mol. The van der Waals surface area contributed by atoms with Crippen molar-refractivity contribution in [1.82, 2.24) is 4.98 Å². The first-order chi connectivity index (χ1) is 13.4. The molecule has 0 radical (unpaired) electrons. The van der Waals surface area contributed by atoms with Gasteiger partial charge in [-0.2, -0.15) is 0 Å². The van der Waals surface area contributed by atoms with Gasteiger partial charge in [0.25, 0.3) is 5.91 Å². The number of anilines is 1. The van der Waals surface area contributed by atoms with Crippen molar-refractivity contribution in [3.05, 3.63) is 23.9 Å². The van der Waals surface area contributed by atoms with E-state index in [2.05, 4.69) is 17.2 Å². The predicted octanol–water partition coefficient (Wildman–Crippen LogP) is 1.99. The molecule has 28 heavy (non-hydrogen) atoms. The number of nitrogens with one attached hydrogen (secondary N) is 3. The summed E-state index contributed by atoms with van der Waals surface area (Å²) in [6, 6.07) is 5.24. The van der Waals surface area contributed by atoms with Gasteiger partial charge in [0, 0.05) is 16.8 Å². The molecule has 3 rings (SSSR count). The van der Waals surface area contributed by atoms with E-state index in [1.807, 2.05) is 19.1 Å². The van der Waals surface area contributed by atoms with Crippen LogP contribution in [0.1, 0.15) is 44.1 Å². The lowest BCUT2D eigenvalue weighted by Gasteiger charge is -2.31. The van der Waals surface area contributed by atoms with Crippen molar-refractivity contribution in [1.29, 1.82) is 0 Å². The van der Waals surface area contributed by atoms with E-state index in [0.29, 0.717) is 17.4 Å². The van der Waals surface area contributed by atoms with E-state index >= 15 is 0 Å². The average Bonchev–Trinajstić information content (AvgIpc) is 3.05. The van der Waals surface area contributed by atoms with Crippen LogP contribution in [0.5, 0.6) is 5.75 Å². The SMILES string of the molecule is CCOC(=O)c1[nH]c2ccc(OC)cc2c1NC(=O)[C@H](C)[NH+]1CCC[C@H](C)C1. The monoisotopic (exact) mass is 388 g/mol. The highest BCUT2D eigenvalue weighted by molar-refractivity contribution is 6.11. The first kappa shape index (κ1) is 20.2. The maximum atomic E-state index is 13.0. The third kappa shape index (κ3) is 4.14. The van der Waals surface area contributed by atoms with Gasteiger partial charge in [-0.15, -0.1) is 0 Å². The van der Waals surface area contributed by atoms with Crippen molar-refractivity contribution >= 4 is 28.5 Å². The molecule has 0 saturated carbocycles. The fourth-order valence-corrected chi connectivity index (χ4v) is 3.92. The number of rotatable bonds is 6. The summed E-state index contributed by atoms with van der Waals surface area (Å²) < 4.78 is 10.5. The van der Waals surface area contributed by atoms with Gasteiger partial charge in [0.1, 0.15) is 11.4 Å². The van der Waals surface area contributed by atoms with E-state index in [-0.39, 0.29) is 24.2 Å². The third-order valence-electron chi connectivity index (χ3n) is 5.54. The zero-order chi connectivity index (χ0) is 20.3. The van der Waals surface area contributed by atoms with Crippen LogP contribution >= 0.6 is 0 Å². The maximum absolute atomic E-state index is 13.0. The quantitative estimate of drug-likeness (QED) is 0.661. The summed E-state index contributed by atoms with van der Waals surface area (Å²) in [5.41, 5.74) is 1.45. The van der Waals surface area contributed by atoms with Crippen LogP contribution in [-0.4, -0.2) is 49.7 Å². The number of fused-ring (bicyclic) bond motifs is 1. The van der Waals surface area contributed by atoms with Crippen LogP contribution in [0.3, 0.4) is 0 Å². The molecule has 1 aromatic carbocycles. The fraction of sp³-hybridized carbons (Fsp3) is 0.524. The van der Waals surface area contributed by atoms with Crippen molar-refractivity contribution in [2.24, 2.45) is 5.92 Å². The molecule has 1 fully saturated rings. The number of methoxy groups -OCH3 is 1. The number of hydrogen-bond acceptors (Lipinski definition) is 4. The molecule has 0 aliphatic carbocycles. The number of benzene rings is 1. The molecule has 1 saturated heterocycles. The van der Waals surface area contributed by atoms with E-state index in [1.165, 1.54) is 11.3 Å². The summed E-state index contributed by atoms with van der Waals surface area (Å²) in [4.78, 5) is 29.8. The van der Waals surface area contributed by atoms with Crippen molar-refractivity contribution < 1.29 is 24.0 Å². The number of likely N-dealkylation sites (tertiary alicyclic amines) is 1. The zero-order valence-electron chi connectivity index (χ0n) is 17.1. The Labute approximate surface area is 165 Å². The number of esters is 1. The normalized spacial score (nSPS) is 20.6. The van der Waals surface area contributed by atoms with Gasteiger partial charge >= 0.3 is 5.97 Å². The molecular formula is C21H30N3O4+. The minimum Gasteiger partial charge on any atom is -0.497 e. The largest absolute Gasteiger partial charge is 0.497 e. The lowest BCUT2D eigenvalue weighted by molar-refractivity contribution is -0.922. The van der Waals surface area contributed by atoms with Crippen molar-refractivity contribution in [3.8, 4) is 5.75 Å². The number of carbonyl (C=O) groups excluding carboxylic acids is 2. The molecule has 2 heterocycles. The van der Waals surface area contributed by atoms with Crippen LogP contribution in [0.25, 0.3) is 10.9 Å². The molecule has 7 nitrogen and oxygen atoms in total. The number of aromatic amines is 1. The van der Waals surface area contributed by atoms with Gasteiger partial charge in [-0.1, -0.05) is 6.92 Å². The Morgan fingerprint density at radius 1 is 1.39 bits per heavy atom. The Hall–Kier alpha value is -2.54. The van der Waals surface area contributed by atoms with Crippen molar-refractivity contribution in [2.45, 2.75) is 39.7 Å². The summed E-state index contributed by atoms with van der Waals surface area (Å²) in [5.74, 6) is 0.685. The second kappa shape index (κ2) is 8.65. The highest BCUT2D eigenvalue weighted by Gasteiger charge is 2.31. The summed E-state index contributed by atoms with van der Waals surface area (Å²) in [5, 5.41) is 3.72. The number of hydrogen-bond donors (Lipinski definition) is 3. The third-order valence-corrected chi connectivity index (χ3v) is 5.54. The summed E-state index contributed by atoms with van der Waals surface area (Å²) >= 11 is 0. The second-order valence-electron chi connectivity index (χ2n) is 7.58. The van der Waals surface area contributed by atoms with E-state index in [4.69, 9.17) is 9.47 Å². The Morgan fingerprint density at radius 2 is 2.18 bits per heavy atom. The van der Waals surface area contributed by atoms with Gasteiger partial charge in [0.2, 0.25) is 0 Å². The smallest absolute Gasteiger partial charge is 0.356 e. The van der Waals surface area contributed by atoms with Crippen molar-refractivity contribution in [3.63, 3.8) is 0 Å². The van der Waals surface area contributed by atoms with E-state index < -0.39 is 5.97 Å². The Kier molecular flexibility index (Phi) is 6.24. The molecular weight excluding hydrogens is 358 g/mol. The molecule has 1 unspecified atom stereocenters. The lowest BCUT2D eigenvalue weighted by atomic mass is 9.99. The summed E-state index contributed by atoms with van der Waals surface area (Å²) in [6.07, 6.45) is 2.35. The number of carbonyl (C=O) groups is 2. The van der Waals surface area contributed by atoms with Crippen LogP contribution < -0.4 is 15.0 Å². The number of piperidine rings is 1. The minimum atomic E-state index is -0.487. The summed E-state index contributed by atoms with van der Waals surface area (Å²) in [7, 11) is 1.58. The topological polar surface area (TPSA) is 84.9 Å². The molecule has 3 atom stereocenters. The number of aromatic nitrogens is 1. The standard InChI is InChI=1S/C21H29N3O4/c1-5-28-21(26)19-18(16-11-15(27-4)8-9-17(16)22-19)23-20(25)14(3)24-10-6-7-13(2)12-24/h8-9,11,13-14,22H,5-7,10,12H2,1-4H3,(H,23,25)/p+1/t13-,14-/m0/s1. The van der Waals surface area contributed by atoms with Gasteiger partial charge < -0.3 is 24.7 Å². The Balaban J connectivity index is 1.91. The minimum absolute atomic E-state index is 0.0987. The highest BCUT2D eigenvalue weighted by atomic mass is 16.5. The van der Waals surface area contributed by atoms with Crippen LogP contribution in [0.4, 0.5) is 5.69 Å². The molecule has 1 amide bonds. The van der Waals surface area contributed by atoms with Gasteiger partial charge in [0.15, 0.2) is 6.04 Å². The Morgan fingerprint density at radius 3 is 2.86 bits per heavy atom. The van der Waals surface area contributed by atoms with Gasteiger partial charge in [0.05, 0.1) is 32.5 Å². The van der Waals surface area contributed by atoms with Crippen LogP contribution in [0, 0.1) is 5.92 Å². The van der Waals surface area contributed by atoms with Gasteiger partial charge in [-0.3, -0.25) is 4.79 Å². The molecule has 2 aromatic rings. The molecule has 1 aliphatic rings. The lowest BCUT2D eigenvalue weighted by Crippen LogP contribution is -3.17. The fourth-order valence-electron chi connectivity index (χ4n) is 3.92. The second-order valence-corrected chi connectivity index (χ2v) is 7.58.